The largest absolute Gasteiger partial charge is 0.313 e. The first-order valence-corrected chi connectivity index (χ1v) is 8.39. The van der Waals surface area contributed by atoms with Crippen LogP contribution < -0.4 is 0 Å². The number of aromatic nitrogens is 3. The van der Waals surface area contributed by atoms with Gasteiger partial charge in [0.25, 0.3) is 0 Å². The average Bonchev–Trinajstić information content (AvgIpc) is 2.73. The number of fused-ring (bicyclic) bond motifs is 1. The number of hydrogen-bond donors (Lipinski definition) is 0. The number of aryl methyl sites for hydroxylation is 3. The zero-order chi connectivity index (χ0) is 13.8. The van der Waals surface area contributed by atoms with Gasteiger partial charge in [-0.25, -0.2) is 9.97 Å². The predicted molar refractivity (Wildman–Crippen MR) is 84.3 cm³/mol. The zero-order valence-corrected chi connectivity index (χ0v) is 13.3. The zero-order valence-electron chi connectivity index (χ0n) is 11.7. The van der Waals surface area contributed by atoms with Crippen molar-refractivity contribution in [3.8, 4) is 0 Å². The SMILES string of the molecule is CSC(C)CCn1c(CCCl)nc2ccc(C)nc21. The maximum atomic E-state index is 5.88. The summed E-state index contributed by atoms with van der Waals surface area (Å²) in [6, 6.07) is 4.05. The molecule has 0 spiro atoms. The highest BCUT2D eigenvalue weighted by Crippen LogP contribution is 2.18. The summed E-state index contributed by atoms with van der Waals surface area (Å²) in [5.41, 5.74) is 3.00. The van der Waals surface area contributed by atoms with Gasteiger partial charge in [0.05, 0.1) is 0 Å². The third-order valence-corrected chi connectivity index (χ3v) is 4.52. The van der Waals surface area contributed by atoms with Crippen LogP contribution in [-0.2, 0) is 13.0 Å². The molecule has 2 rings (SSSR count). The van der Waals surface area contributed by atoms with Crippen LogP contribution in [0, 0.1) is 6.92 Å². The summed E-state index contributed by atoms with van der Waals surface area (Å²) in [6.07, 6.45) is 4.07. The Morgan fingerprint density at radius 2 is 2.16 bits per heavy atom. The maximum Gasteiger partial charge on any atom is 0.160 e. The van der Waals surface area contributed by atoms with Crippen molar-refractivity contribution in [3.63, 3.8) is 0 Å². The van der Waals surface area contributed by atoms with Gasteiger partial charge in [-0.2, -0.15) is 11.8 Å². The minimum Gasteiger partial charge on any atom is -0.313 e. The lowest BCUT2D eigenvalue weighted by Crippen LogP contribution is -2.09. The summed E-state index contributed by atoms with van der Waals surface area (Å²) in [7, 11) is 0. The van der Waals surface area contributed by atoms with E-state index in [1.54, 1.807) is 0 Å². The van der Waals surface area contributed by atoms with Crippen LogP contribution in [0.4, 0.5) is 0 Å². The number of nitrogens with zero attached hydrogens (tertiary/aromatic N) is 3. The average molecular weight is 298 g/mol. The third kappa shape index (κ3) is 3.42. The van der Waals surface area contributed by atoms with Crippen molar-refractivity contribution in [1.29, 1.82) is 0 Å². The summed E-state index contributed by atoms with van der Waals surface area (Å²) in [6.45, 7) is 5.23. The number of rotatable bonds is 6. The summed E-state index contributed by atoms with van der Waals surface area (Å²) in [4.78, 5) is 9.29. The molecule has 0 amide bonds. The van der Waals surface area contributed by atoms with Gasteiger partial charge in [0.15, 0.2) is 5.65 Å². The number of alkyl halides is 1. The molecule has 0 N–H and O–H groups in total. The highest BCUT2D eigenvalue weighted by Gasteiger charge is 2.12. The predicted octanol–water partition coefficient (Wildman–Crippen LogP) is 3.66. The van der Waals surface area contributed by atoms with Crippen LogP contribution in [0.25, 0.3) is 11.2 Å². The normalized spacial score (nSPS) is 13.1. The number of thioether (sulfide) groups is 1. The lowest BCUT2D eigenvalue weighted by molar-refractivity contribution is 0.624. The van der Waals surface area contributed by atoms with Crippen LogP contribution in [0.3, 0.4) is 0 Å². The monoisotopic (exact) mass is 297 g/mol. The minimum absolute atomic E-state index is 0.598. The highest BCUT2D eigenvalue weighted by atomic mass is 35.5. The smallest absolute Gasteiger partial charge is 0.160 e. The number of halogens is 1. The van der Waals surface area contributed by atoms with Crippen LogP contribution in [0.2, 0.25) is 0 Å². The van der Waals surface area contributed by atoms with E-state index in [1.165, 1.54) is 0 Å². The van der Waals surface area contributed by atoms with E-state index < -0.39 is 0 Å². The van der Waals surface area contributed by atoms with Gasteiger partial charge in [-0.1, -0.05) is 6.92 Å². The van der Waals surface area contributed by atoms with Crippen molar-refractivity contribution in [2.45, 2.75) is 38.5 Å². The van der Waals surface area contributed by atoms with Crippen molar-refractivity contribution in [2.24, 2.45) is 0 Å². The van der Waals surface area contributed by atoms with Crippen LogP contribution in [0.1, 0.15) is 24.9 Å². The standard InChI is InChI=1S/C14H20ClN3S/c1-10-4-5-12-14(16-10)18(9-7-11(2)19-3)13(17-12)6-8-15/h4-5,11H,6-9H2,1-3H3. The molecule has 0 aromatic carbocycles. The lowest BCUT2D eigenvalue weighted by atomic mass is 10.3. The van der Waals surface area contributed by atoms with Crippen molar-refractivity contribution in [2.75, 3.05) is 12.1 Å². The van der Waals surface area contributed by atoms with Gasteiger partial charge in [-0.05, 0) is 31.7 Å². The second-order valence-electron chi connectivity index (χ2n) is 4.75. The van der Waals surface area contributed by atoms with E-state index in [0.717, 1.165) is 42.1 Å². The Bertz CT molecular complexity index is 553. The first kappa shape index (κ1) is 14.7. The van der Waals surface area contributed by atoms with E-state index in [-0.39, 0.29) is 0 Å². The lowest BCUT2D eigenvalue weighted by Gasteiger charge is -2.11. The molecule has 2 aromatic rings. The second-order valence-corrected chi connectivity index (χ2v) is 6.40. The molecule has 0 aliphatic rings. The van der Waals surface area contributed by atoms with Crippen LogP contribution in [-0.4, -0.2) is 31.9 Å². The molecule has 19 heavy (non-hydrogen) atoms. The van der Waals surface area contributed by atoms with Gasteiger partial charge in [-0.3, -0.25) is 0 Å². The Morgan fingerprint density at radius 3 is 2.84 bits per heavy atom. The Balaban J connectivity index is 2.36. The molecule has 0 aliphatic carbocycles. The molecule has 0 saturated heterocycles. The molecule has 2 heterocycles. The summed E-state index contributed by atoms with van der Waals surface area (Å²) in [5, 5.41) is 0.645. The van der Waals surface area contributed by atoms with Crippen molar-refractivity contribution in [3.05, 3.63) is 23.7 Å². The molecule has 1 atom stereocenters. The molecule has 0 bridgehead atoms. The van der Waals surface area contributed by atoms with Crippen LogP contribution in [0.5, 0.6) is 0 Å². The molecule has 0 radical (unpaired) electrons. The summed E-state index contributed by atoms with van der Waals surface area (Å²) in [5.74, 6) is 1.65. The highest BCUT2D eigenvalue weighted by molar-refractivity contribution is 7.99. The molecular weight excluding hydrogens is 278 g/mol. The molecule has 3 nitrogen and oxygen atoms in total. The molecule has 1 unspecified atom stereocenters. The fourth-order valence-electron chi connectivity index (χ4n) is 2.08. The fourth-order valence-corrected chi connectivity index (χ4v) is 2.59. The number of hydrogen-bond acceptors (Lipinski definition) is 3. The first-order chi connectivity index (χ1) is 9.15. The summed E-state index contributed by atoms with van der Waals surface area (Å²) >= 11 is 7.77. The maximum absolute atomic E-state index is 5.88. The van der Waals surface area contributed by atoms with Crippen molar-refractivity contribution in [1.82, 2.24) is 14.5 Å². The molecule has 0 saturated carbocycles. The molecular formula is C14H20ClN3S. The second kappa shape index (κ2) is 6.62. The topological polar surface area (TPSA) is 30.7 Å². The van der Waals surface area contributed by atoms with Gasteiger partial charge in [0.1, 0.15) is 11.3 Å². The van der Waals surface area contributed by atoms with Crippen LogP contribution >= 0.6 is 23.4 Å². The number of imidazole rings is 1. The number of pyridine rings is 1. The Labute approximate surface area is 123 Å². The van der Waals surface area contributed by atoms with Crippen molar-refractivity contribution < 1.29 is 0 Å². The first-order valence-electron chi connectivity index (χ1n) is 6.57. The van der Waals surface area contributed by atoms with Gasteiger partial charge >= 0.3 is 0 Å². The molecule has 104 valence electrons. The molecule has 2 aromatic heterocycles. The third-order valence-electron chi connectivity index (χ3n) is 3.29. The Kier molecular flexibility index (Phi) is 5.11. The van der Waals surface area contributed by atoms with Gasteiger partial charge < -0.3 is 4.57 Å². The van der Waals surface area contributed by atoms with E-state index in [4.69, 9.17) is 11.6 Å². The van der Waals surface area contributed by atoms with Crippen LogP contribution in [0.15, 0.2) is 12.1 Å². The van der Waals surface area contributed by atoms with E-state index in [9.17, 15) is 0 Å². The van der Waals surface area contributed by atoms with E-state index in [2.05, 4.69) is 27.7 Å². The Morgan fingerprint density at radius 1 is 1.37 bits per heavy atom. The Hall–Kier alpha value is -0.740. The molecule has 0 fully saturated rings. The molecule has 0 aliphatic heterocycles. The van der Waals surface area contributed by atoms with E-state index in [1.807, 2.05) is 30.8 Å². The van der Waals surface area contributed by atoms with Crippen molar-refractivity contribution >= 4 is 34.5 Å². The molecule has 5 heteroatoms. The van der Waals surface area contributed by atoms with Gasteiger partial charge in [-0.15, -0.1) is 11.6 Å². The quantitative estimate of drug-likeness (QED) is 0.762. The van der Waals surface area contributed by atoms with Gasteiger partial charge in [0.2, 0.25) is 0 Å². The van der Waals surface area contributed by atoms with E-state index >= 15 is 0 Å². The summed E-state index contributed by atoms with van der Waals surface area (Å²) < 4.78 is 2.23. The fraction of sp³-hybridized carbons (Fsp3) is 0.571. The minimum atomic E-state index is 0.598. The van der Waals surface area contributed by atoms with E-state index in [0.29, 0.717) is 11.1 Å². The van der Waals surface area contributed by atoms with Gasteiger partial charge in [0, 0.05) is 29.8 Å².